The van der Waals surface area contributed by atoms with Crippen LogP contribution < -0.4 is 5.73 Å². The number of aryl methyl sites for hydroxylation is 1. The SMILES string of the molecule is Cc1cc(F)c(C(N)C(=O)O)cc1Cl. The molecule has 0 amide bonds. The Kier molecular flexibility index (Phi) is 3.08. The maximum absolute atomic E-state index is 13.2. The van der Waals surface area contributed by atoms with Gasteiger partial charge in [-0.25, -0.2) is 4.39 Å². The van der Waals surface area contributed by atoms with Crippen molar-refractivity contribution in [3.8, 4) is 0 Å². The highest BCUT2D eigenvalue weighted by molar-refractivity contribution is 6.31. The first-order valence-electron chi connectivity index (χ1n) is 3.87. The zero-order chi connectivity index (χ0) is 10.9. The van der Waals surface area contributed by atoms with E-state index in [4.69, 9.17) is 22.4 Å². The fourth-order valence-corrected chi connectivity index (χ4v) is 1.21. The van der Waals surface area contributed by atoms with Crippen LogP contribution in [-0.4, -0.2) is 11.1 Å². The van der Waals surface area contributed by atoms with Crippen molar-refractivity contribution in [1.29, 1.82) is 0 Å². The summed E-state index contributed by atoms with van der Waals surface area (Å²) < 4.78 is 13.2. The van der Waals surface area contributed by atoms with Gasteiger partial charge in [0.15, 0.2) is 0 Å². The Morgan fingerprint density at radius 2 is 2.21 bits per heavy atom. The smallest absolute Gasteiger partial charge is 0.325 e. The Morgan fingerprint density at radius 1 is 1.64 bits per heavy atom. The number of aliphatic carboxylic acids is 1. The minimum Gasteiger partial charge on any atom is -0.480 e. The number of carbonyl (C=O) groups is 1. The fraction of sp³-hybridized carbons (Fsp3) is 0.222. The van der Waals surface area contributed by atoms with Crippen molar-refractivity contribution >= 4 is 17.6 Å². The number of hydrogen-bond donors (Lipinski definition) is 2. The van der Waals surface area contributed by atoms with Crippen molar-refractivity contribution in [2.24, 2.45) is 5.73 Å². The fourth-order valence-electron chi connectivity index (χ4n) is 1.03. The van der Waals surface area contributed by atoms with E-state index < -0.39 is 17.8 Å². The van der Waals surface area contributed by atoms with Crippen LogP contribution in [0.25, 0.3) is 0 Å². The molecule has 14 heavy (non-hydrogen) atoms. The minimum atomic E-state index is -1.38. The van der Waals surface area contributed by atoms with Crippen molar-refractivity contribution in [3.63, 3.8) is 0 Å². The minimum absolute atomic E-state index is 0.104. The molecule has 0 fully saturated rings. The van der Waals surface area contributed by atoms with Crippen molar-refractivity contribution in [3.05, 3.63) is 34.1 Å². The van der Waals surface area contributed by atoms with E-state index in [9.17, 15) is 9.18 Å². The highest BCUT2D eigenvalue weighted by atomic mass is 35.5. The number of hydrogen-bond acceptors (Lipinski definition) is 2. The van der Waals surface area contributed by atoms with Gasteiger partial charge >= 0.3 is 5.97 Å². The van der Waals surface area contributed by atoms with Crippen LogP contribution in [0, 0.1) is 12.7 Å². The summed E-state index contributed by atoms with van der Waals surface area (Å²) in [5.74, 6) is -1.94. The molecule has 0 aliphatic rings. The van der Waals surface area contributed by atoms with Crippen molar-refractivity contribution in [1.82, 2.24) is 0 Å². The van der Waals surface area contributed by atoms with Crippen molar-refractivity contribution in [2.75, 3.05) is 0 Å². The van der Waals surface area contributed by atoms with Gasteiger partial charge in [0.1, 0.15) is 11.9 Å². The van der Waals surface area contributed by atoms with E-state index >= 15 is 0 Å². The summed E-state index contributed by atoms with van der Waals surface area (Å²) in [6.45, 7) is 1.63. The molecule has 1 atom stereocenters. The molecule has 1 aromatic carbocycles. The van der Waals surface area contributed by atoms with Gasteiger partial charge in [-0.2, -0.15) is 0 Å². The van der Waals surface area contributed by atoms with Crippen LogP contribution in [0.1, 0.15) is 17.2 Å². The zero-order valence-corrected chi connectivity index (χ0v) is 8.18. The summed E-state index contributed by atoms with van der Waals surface area (Å²) in [7, 11) is 0. The Labute approximate surface area is 85.3 Å². The maximum atomic E-state index is 13.2. The van der Waals surface area contributed by atoms with Crippen LogP contribution in [0.2, 0.25) is 5.02 Å². The summed E-state index contributed by atoms with van der Waals surface area (Å²) in [5, 5.41) is 8.89. The lowest BCUT2D eigenvalue weighted by molar-refractivity contribution is -0.138. The second-order valence-electron chi connectivity index (χ2n) is 2.94. The lowest BCUT2D eigenvalue weighted by atomic mass is 10.1. The van der Waals surface area contributed by atoms with E-state index in [1.807, 2.05) is 0 Å². The average Bonchev–Trinajstić information content (AvgIpc) is 2.10. The maximum Gasteiger partial charge on any atom is 0.325 e. The third-order valence-corrected chi connectivity index (χ3v) is 2.29. The van der Waals surface area contributed by atoms with Gasteiger partial charge in [0.05, 0.1) is 0 Å². The molecule has 0 aliphatic heterocycles. The number of carboxylic acid groups (broad SMARTS) is 1. The zero-order valence-electron chi connectivity index (χ0n) is 7.42. The van der Waals surface area contributed by atoms with Crippen LogP contribution in [0.15, 0.2) is 12.1 Å². The second-order valence-corrected chi connectivity index (χ2v) is 3.35. The van der Waals surface area contributed by atoms with Gasteiger partial charge in [0.25, 0.3) is 0 Å². The molecule has 3 N–H and O–H groups in total. The first-order chi connectivity index (χ1) is 6.43. The number of carboxylic acids is 1. The van der Waals surface area contributed by atoms with Crippen molar-refractivity contribution in [2.45, 2.75) is 13.0 Å². The summed E-state index contributed by atoms with van der Waals surface area (Å²) >= 11 is 5.72. The lowest BCUT2D eigenvalue weighted by Gasteiger charge is -2.09. The van der Waals surface area contributed by atoms with E-state index in [2.05, 4.69) is 0 Å². The van der Waals surface area contributed by atoms with Crippen LogP contribution in [0.5, 0.6) is 0 Å². The molecule has 1 unspecified atom stereocenters. The van der Waals surface area contributed by atoms with E-state index in [1.165, 1.54) is 12.1 Å². The lowest BCUT2D eigenvalue weighted by Crippen LogP contribution is -2.21. The first-order valence-corrected chi connectivity index (χ1v) is 4.25. The van der Waals surface area contributed by atoms with Crippen LogP contribution >= 0.6 is 11.6 Å². The van der Waals surface area contributed by atoms with Gasteiger partial charge < -0.3 is 10.8 Å². The topological polar surface area (TPSA) is 63.3 Å². The summed E-state index contributed by atoms with van der Waals surface area (Å²) in [5.41, 5.74) is 5.70. The molecule has 0 saturated heterocycles. The van der Waals surface area contributed by atoms with Gasteiger partial charge in [0.2, 0.25) is 0 Å². The quantitative estimate of drug-likeness (QED) is 0.795. The Morgan fingerprint density at radius 3 is 2.71 bits per heavy atom. The Bertz CT molecular complexity index is 381. The first kappa shape index (κ1) is 10.9. The molecule has 1 aromatic rings. The van der Waals surface area contributed by atoms with Crippen LogP contribution in [0.3, 0.4) is 0 Å². The average molecular weight is 218 g/mol. The molecule has 0 spiro atoms. The van der Waals surface area contributed by atoms with Gasteiger partial charge in [-0.3, -0.25) is 4.79 Å². The van der Waals surface area contributed by atoms with Gasteiger partial charge in [-0.1, -0.05) is 11.6 Å². The molecule has 0 bridgehead atoms. The molecule has 0 aromatic heterocycles. The third kappa shape index (κ3) is 2.02. The molecule has 0 heterocycles. The molecule has 0 aliphatic carbocycles. The van der Waals surface area contributed by atoms with Crippen molar-refractivity contribution < 1.29 is 14.3 Å². The number of halogens is 2. The molecule has 0 saturated carbocycles. The molecule has 3 nitrogen and oxygen atoms in total. The van der Waals surface area contributed by atoms with E-state index in [0.717, 1.165) is 0 Å². The second kappa shape index (κ2) is 3.94. The Balaban J connectivity index is 3.22. The summed E-state index contributed by atoms with van der Waals surface area (Å²) in [4.78, 5) is 10.5. The van der Waals surface area contributed by atoms with Gasteiger partial charge in [-0.15, -0.1) is 0 Å². The molecule has 1 rings (SSSR count). The van der Waals surface area contributed by atoms with E-state index in [0.29, 0.717) is 10.6 Å². The Hall–Kier alpha value is -1.13. The third-order valence-electron chi connectivity index (χ3n) is 1.88. The standard InChI is InChI=1S/C9H9ClFNO2/c1-4-2-7(11)5(3-6(4)10)8(12)9(13)14/h2-3,8H,12H2,1H3,(H,13,14). The molecular weight excluding hydrogens is 209 g/mol. The van der Waals surface area contributed by atoms with Crippen LogP contribution in [0.4, 0.5) is 4.39 Å². The van der Waals surface area contributed by atoms with Gasteiger partial charge in [0, 0.05) is 10.6 Å². The highest BCUT2D eigenvalue weighted by Crippen LogP contribution is 2.23. The number of benzene rings is 1. The van der Waals surface area contributed by atoms with E-state index in [1.54, 1.807) is 6.92 Å². The number of nitrogens with two attached hydrogens (primary N) is 1. The number of rotatable bonds is 2. The molecule has 5 heteroatoms. The van der Waals surface area contributed by atoms with E-state index in [-0.39, 0.29) is 5.56 Å². The molecule has 0 radical (unpaired) electrons. The molecular formula is C9H9ClFNO2. The van der Waals surface area contributed by atoms with Crippen LogP contribution in [-0.2, 0) is 4.79 Å². The monoisotopic (exact) mass is 217 g/mol. The summed E-state index contributed by atoms with van der Waals surface area (Å²) in [6, 6.07) is 1.03. The normalized spacial score (nSPS) is 12.6. The highest BCUT2D eigenvalue weighted by Gasteiger charge is 2.19. The predicted octanol–water partition coefficient (Wildman–Crippen LogP) is 1.87. The summed E-state index contributed by atoms with van der Waals surface area (Å²) in [6.07, 6.45) is 0. The molecule has 76 valence electrons. The predicted molar refractivity (Wildman–Crippen MR) is 50.7 cm³/mol. The van der Waals surface area contributed by atoms with Gasteiger partial charge in [-0.05, 0) is 24.6 Å². The largest absolute Gasteiger partial charge is 0.480 e.